The van der Waals surface area contributed by atoms with Crippen LogP contribution in [-0.2, 0) is 16.1 Å². The van der Waals surface area contributed by atoms with Gasteiger partial charge in [0, 0.05) is 23.5 Å². The summed E-state index contributed by atoms with van der Waals surface area (Å²) in [6.45, 7) is -0.533. The number of nitrogens with one attached hydrogen (secondary N) is 1. The number of esters is 1. The van der Waals surface area contributed by atoms with Crippen LogP contribution in [0.1, 0.15) is 16.2 Å². The molecule has 1 aromatic carbocycles. The summed E-state index contributed by atoms with van der Waals surface area (Å²) in [5, 5.41) is 6.27. The lowest BCUT2D eigenvalue weighted by Crippen LogP contribution is -2.30. The van der Waals surface area contributed by atoms with Gasteiger partial charge in [-0.3, -0.25) is 14.6 Å². The number of pyridine rings is 1. The van der Waals surface area contributed by atoms with Crippen LogP contribution in [0.5, 0.6) is 11.5 Å². The van der Waals surface area contributed by atoms with Crippen molar-refractivity contribution in [2.45, 2.75) is 6.61 Å². The lowest BCUT2D eigenvalue weighted by molar-refractivity contribution is -0.144. The van der Waals surface area contributed by atoms with E-state index in [9.17, 15) is 9.59 Å². The van der Waals surface area contributed by atoms with E-state index in [0.717, 1.165) is 0 Å². The van der Waals surface area contributed by atoms with Gasteiger partial charge in [0.05, 0.1) is 14.2 Å². The Morgan fingerprint density at radius 1 is 1.14 bits per heavy atom. The predicted octanol–water partition coefficient (Wildman–Crippen LogP) is 1.62. The third kappa shape index (κ3) is 5.06. The molecule has 2 aromatic heterocycles. The van der Waals surface area contributed by atoms with Crippen molar-refractivity contribution in [2.75, 3.05) is 20.8 Å². The van der Waals surface area contributed by atoms with E-state index in [1.54, 1.807) is 36.7 Å². The molecule has 3 rings (SSSR count). The van der Waals surface area contributed by atoms with Crippen LogP contribution in [0.15, 0.2) is 47.2 Å². The molecular formula is C19H18N4O6. The fourth-order valence-corrected chi connectivity index (χ4v) is 2.35. The molecule has 0 saturated carbocycles. The van der Waals surface area contributed by atoms with Gasteiger partial charge < -0.3 is 24.1 Å². The summed E-state index contributed by atoms with van der Waals surface area (Å²) in [5.41, 5.74) is 0.990. The van der Waals surface area contributed by atoms with Crippen LogP contribution in [0.2, 0.25) is 0 Å². The van der Waals surface area contributed by atoms with E-state index in [4.69, 9.17) is 18.7 Å². The van der Waals surface area contributed by atoms with Crippen molar-refractivity contribution in [1.82, 2.24) is 20.4 Å². The summed E-state index contributed by atoms with van der Waals surface area (Å²) in [6.07, 6.45) is 3.22. The second-order valence-electron chi connectivity index (χ2n) is 5.67. The van der Waals surface area contributed by atoms with E-state index in [1.807, 2.05) is 0 Å². The van der Waals surface area contributed by atoms with Gasteiger partial charge in [0.1, 0.15) is 6.54 Å². The quantitative estimate of drug-likeness (QED) is 0.563. The Balaban J connectivity index is 1.49. The minimum Gasteiger partial charge on any atom is -0.493 e. The highest BCUT2D eigenvalue weighted by Gasteiger charge is 2.14. The number of hydrogen-bond donors (Lipinski definition) is 1. The average Bonchev–Trinajstić information content (AvgIpc) is 3.25. The molecular weight excluding hydrogens is 380 g/mol. The van der Waals surface area contributed by atoms with E-state index in [-0.39, 0.29) is 19.0 Å². The lowest BCUT2D eigenvalue weighted by atomic mass is 10.2. The fraction of sp³-hybridized carbons (Fsp3) is 0.211. The molecule has 0 spiro atoms. The van der Waals surface area contributed by atoms with Gasteiger partial charge in [-0.2, -0.15) is 4.98 Å². The standard InChI is InChI=1S/C19H18N4O6/c1-26-14-6-5-12(8-15(14)27-2)19(25)21-10-17(24)28-11-16-22-18(23-29-16)13-4-3-7-20-9-13/h3-9H,10-11H2,1-2H3,(H,21,25). The third-order valence-corrected chi connectivity index (χ3v) is 3.78. The maximum Gasteiger partial charge on any atom is 0.325 e. The van der Waals surface area contributed by atoms with E-state index >= 15 is 0 Å². The number of aromatic nitrogens is 3. The number of amides is 1. The average molecular weight is 398 g/mol. The summed E-state index contributed by atoms with van der Waals surface area (Å²) in [5.74, 6) is 0.256. The molecule has 10 heteroatoms. The molecule has 0 aliphatic heterocycles. The maximum absolute atomic E-state index is 12.2. The van der Waals surface area contributed by atoms with Gasteiger partial charge in [-0.15, -0.1) is 0 Å². The van der Waals surface area contributed by atoms with Gasteiger partial charge in [0.2, 0.25) is 5.82 Å². The minimum atomic E-state index is -0.653. The second kappa shape index (κ2) is 9.31. The highest BCUT2D eigenvalue weighted by Crippen LogP contribution is 2.27. The molecule has 0 aliphatic carbocycles. The number of rotatable bonds is 8. The van der Waals surface area contributed by atoms with Crippen LogP contribution in [0.4, 0.5) is 0 Å². The fourth-order valence-electron chi connectivity index (χ4n) is 2.35. The Kier molecular flexibility index (Phi) is 6.36. The summed E-state index contributed by atoms with van der Waals surface area (Å²) < 4.78 is 20.3. The van der Waals surface area contributed by atoms with E-state index < -0.39 is 11.9 Å². The zero-order chi connectivity index (χ0) is 20.6. The number of benzene rings is 1. The van der Waals surface area contributed by atoms with Crippen molar-refractivity contribution < 1.29 is 28.3 Å². The van der Waals surface area contributed by atoms with Gasteiger partial charge in [-0.25, -0.2) is 0 Å². The molecule has 2 heterocycles. The molecule has 3 aromatic rings. The Labute approximate surface area is 165 Å². The smallest absolute Gasteiger partial charge is 0.325 e. The maximum atomic E-state index is 12.2. The molecule has 1 N–H and O–H groups in total. The molecule has 0 aliphatic rings. The Hall–Kier alpha value is -3.95. The number of hydrogen-bond acceptors (Lipinski definition) is 9. The van der Waals surface area contributed by atoms with E-state index in [2.05, 4.69) is 20.4 Å². The topological polar surface area (TPSA) is 126 Å². The summed E-state index contributed by atoms with van der Waals surface area (Å²) in [7, 11) is 2.96. The van der Waals surface area contributed by atoms with Crippen LogP contribution in [0, 0.1) is 0 Å². The number of ether oxygens (including phenoxy) is 3. The molecule has 0 unspecified atom stereocenters. The molecule has 10 nitrogen and oxygen atoms in total. The largest absolute Gasteiger partial charge is 0.493 e. The van der Waals surface area contributed by atoms with Gasteiger partial charge in [0.15, 0.2) is 18.1 Å². The lowest BCUT2D eigenvalue weighted by Gasteiger charge is -2.09. The SMILES string of the molecule is COc1ccc(C(=O)NCC(=O)OCc2nc(-c3cccnc3)no2)cc1OC. The highest BCUT2D eigenvalue weighted by molar-refractivity contribution is 5.96. The Morgan fingerprint density at radius 2 is 1.97 bits per heavy atom. The molecule has 0 fully saturated rings. The number of nitrogens with zero attached hydrogens (tertiary/aromatic N) is 3. The van der Waals surface area contributed by atoms with Crippen LogP contribution < -0.4 is 14.8 Å². The molecule has 0 radical (unpaired) electrons. The van der Waals surface area contributed by atoms with Gasteiger partial charge in [-0.05, 0) is 30.3 Å². The first-order valence-electron chi connectivity index (χ1n) is 8.49. The van der Waals surface area contributed by atoms with Crippen LogP contribution in [-0.4, -0.2) is 47.8 Å². The predicted molar refractivity (Wildman–Crippen MR) is 99.2 cm³/mol. The number of carbonyl (C=O) groups excluding carboxylic acids is 2. The van der Waals surface area contributed by atoms with Crippen LogP contribution in [0.25, 0.3) is 11.4 Å². The van der Waals surface area contributed by atoms with Crippen molar-refractivity contribution in [1.29, 1.82) is 0 Å². The molecule has 0 bridgehead atoms. The molecule has 0 atom stereocenters. The van der Waals surface area contributed by atoms with Crippen molar-refractivity contribution in [2.24, 2.45) is 0 Å². The van der Waals surface area contributed by atoms with Gasteiger partial charge >= 0.3 is 5.97 Å². The van der Waals surface area contributed by atoms with Crippen molar-refractivity contribution in [3.63, 3.8) is 0 Å². The van der Waals surface area contributed by atoms with Crippen LogP contribution in [0.3, 0.4) is 0 Å². The monoisotopic (exact) mass is 398 g/mol. The summed E-state index contributed by atoms with van der Waals surface area (Å²) in [6, 6.07) is 8.18. The van der Waals surface area contributed by atoms with Gasteiger partial charge in [0.25, 0.3) is 11.8 Å². The first-order valence-corrected chi connectivity index (χ1v) is 8.49. The van der Waals surface area contributed by atoms with E-state index in [0.29, 0.717) is 28.5 Å². The zero-order valence-electron chi connectivity index (χ0n) is 15.7. The first-order chi connectivity index (χ1) is 14.1. The Bertz CT molecular complexity index is 989. The normalized spacial score (nSPS) is 10.3. The van der Waals surface area contributed by atoms with Crippen molar-refractivity contribution in [3.05, 3.63) is 54.2 Å². The molecule has 1 amide bonds. The van der Waals surface area contributed by atoms with E-state index in [1.165, 1.54) is 20.3 Å². The Morgan fingerprint density at radius 3 is 2.69 bits per heavy atom. The van der Waals surface area contributed by atoms with Crippen molar-refractivity contribution in [3.8, 4) is 22.9 Å². The summed E-state index contributed by atoms with van der Waals surface area (Å²) in [4.78, 5) is 32.2. The third-order valence-electron chi connectivity index (χ3n) is 3.78. The highest BCUT2D eigenvalue weighted by atomic mass is 16.6. The zero-order valence-corrected chi connectivity index (χ0v) is 15.7. The number of carbonyl (C=O) groups is 2. The molecule has 29 heavy (non-hydrogen) atoms. The van der Waals surface area contributed by atoms with Gasteiger partial charge in [-0.1, -0.05) is 5.16 Å². The summed E-state index contributed by atoms with van der Waals surface area (Å²) >= 11 is 0. The van der Waals surface area contributed by atoms with Crippen LogP contribution >= 0.6 is 0 Å². The first kappa shape index (κ1) is 19.8. The van der Waals surface area contributed by atoms with Crippen molar-refractivity contribution >= 4 is 11.9 Å². The molecule has 150 valence electrons. The molecule has 0 saturated heterocycles. The minimum absolute atomic E-state index is 0.128. The second-order valence-corrected chi connectivity index (χ2v) is 5.67. The number of methoxy groups -OCH3 is 2.